The van der Waals surface area contributed by atoms with Crippen LogP contribution in [-0.4, -0.2) is 47.7 Å². The number of carbonyl (C=O) groups excluding carboxylic acids is 2. The highest BCUT2D eigenvalue weighted by atomic mass is 35.5. The van der Waals surface area contributed by atoms with Crippen molar-refractivity contribution in [1.29, 1.82) is 0 Å². The van der Waals surface area contributed by atoms with Crippen LogP contribution in [0.15, 0.2) is 63.7 Å². The van der Waals surface area contributed by atoms with Gasteiger partial charge in [0.2, 0.25) is 11.8 Å². The van der Waals surface area contributed by atoms with Crippen molar-refractivity contribution in [3.05, 3.63) is 91.2 Å². The Hall–Kier alpha value is -4.88. The minimum Gasteiger partial charge on any atom is -0.508 e. The third-order valence-corrected chi connectivity index (χ3v) is 12.0. The summed E-state index contributed by atoms with van der Waals surface area (Å²) in [5, 5.41) is 17.7. The van der Waals surface area contributed by atoms with Gasteiger partial charge in [0.15, 0.2) is 0 Å². The molecule has 14 heteroatoms. The van der Waals surface area contributed by atoms with Crippen LogP contribution in [0.3, 0.4) is 0 Å². The molecule has 2 amide bonds. The van der Waals surface area contributed by atoms with Crippen LogP contribution in [0.4, 0.5) is 5.82 Å². The largest absolute Gasteiger partial charge is 0.508 e. The second kappa shape index (κ2) is 10.3. The van der Waals surface area contributed by atoms with Crippen molar-refractivity contribution < 1.29 is 19.4 Å². The molecule has 1 saturated heterocycles. The third kappa shape index (κ3) is 3.85. The first kappa shape index (κ1) is 30.5. The number of imide groups is 1. The van der Waals surface area contributed by atoms with Gasteiger partial charge in [0.1, 0.15) is 23.0 Å². The molecule has 8 rings (SSSR count). The van der Waals surface area contributed by atoms with Gasteiger partial charge in [-0.2, -0.15) is 5.10 Å². The van der Waals surface area contributed by atoms with Crippen LogP contribution in [-0.2, 0) is 30.2 Å². The van der Waals surface area contributed by atoms with Gasteiger partial charge < -0.3 is 9.84 Å². The monoisotopic (exact) mass is 686 g/mol. The van der Waals surface area contributed by atoms with E-state index < -0.39 is 46.5 Å². The van der Waals surface area contributed by atoms with Gasteiger partial charge in [-0.15, -0.1) is 11.3 Å². The topological polar surface area (TPSA) is 134 Å². The average molecular weight is 687 g/mol. The number of aryl methyl sites for hydroxylation is 2. The number of phenolic OH excluding ortho intramolecular Hbond substituents is 1. The van der Waals surface area contributed by atoms with E-state index in [9.17, 15) is 24.3 Å². The van der Waals surface area contributed by atoms with Crippen molar-refractivity contribution in [3.63, 3.8) is 0 Å². The molecule has 3 aromatic heterocycles. The highest BCUT2D eigenvalue weighted by molar-refractivity contribution is 7.22. The van der Waals surface area contributed by atoms with Gasteiger partial charge in [0.05, 0.1) is 35.9 Å². The number of anilines is 1. The van der Waals surface area contributed by atoms with Crippen LogP contribution in [0.25, 0.3) is 20.7 Å². The van der Waals surface area contributed by atoms with Crippen molar-refractivity contribution >= 4 is 50.7 Å². The quantitative estimate of drug-likeness (QED) is 0.217. The number of nitrogens with zero attached hydrogens (tertiary/aromatic N) is 6. The van der Waals surface area contributed by atoms with Gasteiger partial charge in [-0.25, -0.2) is 28.4 Å². The molecule has 48 heavy (non-hydrogen) atoms. The van der Waals surface area contributed by atoms with Crippen molar-refractivity contribution in [2.75, 3.05) is 12.0 Å². The summed E-state index contributed by atoms with van der Waals surface area (Å²) in [6, 6.07) is 11.6. The zero-order valence-electron chi connectivity index (χ0n) is 26.7. The lowest BCUT2D eigenvalue weighted by Gasteiger charge is -2.47. The first-order chi connectivity index (χ1) is 22.9. The van der Waals surface area contributed by atoms with E-state index in [1.807, 2.05) is 31.2 Å². The Bertz CT molecular complexity index is 2400. The molecule has 2 aliphatic heterocycles. The molecular formula is C34H31ClN6O6S. The van der Waals surface area contributed by atoms with E-state index in [0.717, 1.165) is 25.1 Å². The molecule has 4 atom stereocenters. The van der Waals surface area contributed by atoms with Crippen LogP contribution in [0.5, 0.6) is 11.5 Å². The van der Waals surface area contributed by atoms with Gasteiger partial charge in [0.25, 0.3) is 0 Å². The lowest BCUT2D eigenvalue weighted by atomic mass is 9.56. The van der Waals surface area contributed by atoms with E-state index in [1.165, 1.54) is 39.2 Å². The summed E-state index contributed by atoms with van der Waals surface area (Å²) < 4.78 is 12.1. The van der Waals surface area contributed by atoms with E-state index >= 15 is 0 Å². The van der Waals surface area contributed by atoms with E-state index in [-0.39, 0.29) is 18.7 Å². The number of allylic oxidation sites excluding steroid dienone is 2. The molecule has 2 fully saturated rings. The molecule has 0 bridgehead atoms. The highest BCUT2D eigenvalue weighted by Crippen LogP contribution is 2.63. The minimum atomic E-state index is -1.39. The predicted molar refractivity (Wildman–Crippen MR) is 181 cm³/mol. The molecule has 0 unspecified atom stereocenters. The smallest absolute Gasteiger partial charge is 0.347 e. The standard InChI is InChI=1S/C34H31ClN6O6S/c1-16-19-13-17(35)9-10-25(19)48-29(16)21-15-26(38(4)36-21)40-30(43)20-14-22-18(11-12-39-32(45)37(3)33(46)41(22)39)28(34(20,2)31(40)44)27-23(42)7-6-8-24(27)47-5/h6-11,13,15,20,22,28,42H,12,14H2,1-5H3/t20-,22+,28+,34+/m0/s1. The fraction of sp³-hybridized carbons (Fsp3) is 0.324. The minimum absolute atomic E-state index is 0.0879. The normalized spacial score (nSPS) is 23.3. The predicted octanol–water partition coefficient (Wildman–Crippen LogP) is 4.50. The average Bonchev–Trinajstić information content (AvgIpc) is 3.72. The fourth-order valence-corrected chi connectivity index (χ4v) is 9.45. The van der Waals surface area contributed by atoms with Crippen molar-refractivity contribution in [3.8, 4) is 22.1 Å². The Morgan fingerprint density at radius 3 is 2.60 bits per heavy atom. The van der Waals surface area contributed by atoms with E-state index in [2.05, 4.69) is 0 Å². The maximum atomic E-state index is 14.9. The van der Waals surface area contributed by atoms with E-state index in [4.69, 9.17) is 21.4 Å². The Labute approximate surface area is 282 Å². The van der Waals surface area contributed by atoms with Gasteiger partial charge >= 0.3 is 11.4 Å². The first-order valence-corrected chi connectivity index (χ1v) is 16.6. The lowest BCUT2D eigenvalue weighted by molar-refractivity contribution is -0.129. The van der Waals surface area contributed by atoms with Gasteiger partial charge in [0, 0.05) is 41.4 Å². The number of aromatic hydroxyl groups is 1. The number of phenols is 1. The number of halogens is 1. The van der Waals surface area contributed by atoms with Crippen LogP contribution in [0, 0.1) is 18.3 Å². The number of aromatic nitrogens is 5. The van der Waals surface area contributed by atoms with E-state index in [0.29, 0.717) is 33.4 Å². The molecule has 5 aromatic rings. The van der Waals surface area contributed by atoms with Gasteiger partial charge in [-0.3, -0.25) is 14.3 Å². The number of carbonyl (C=O) groups is 2. The van der Waals surface area contributed by atoms with Crippen LogP contribution < -0.4 is 21.0 Å². The van der Waals surface area contributed by atoms with E-state index in [1.54, 1.807) is 43.5 Å². The lowest BCUT2D eigenvalue weighted by Crippen LogP contribution is -2.49. The summed E-state index contributed by atoms with van der Waals surface area (Å²) in [5.41, 5.74) is 0.221. The molecule has 1 N–H and O–H groups in total. The number of rotatable bonds is 4. The maximum absolute atomic E-state index is 14.9. The molecule has 0 spiro atoms. The van der Waals surface area contributed by atoms with Crippen LogP contribution >= 0.6 is 22.9 Å². The molecular weight excluding hydrogens is 656 g/mol. The molecule has 1 aliphatic carbocycles. The van der Waals surface area contributed by atoms with Gasteiger partial charge in [-0.1, -0.05) is 23.7 Å². The molecule has 2 aromatic carbocycles. The Kier molecular flexibility index (Phi) is 6.54. The maximum Gasteiger partial charge on any atom is 0.347 e. The zero-order valence-corrected chi connectivity index (χ0v) is 28.3. The van der Waals surface area contributed by atoms with Crippen molar-refractivity contribution in [2.45, 2.75) is 38.8 Å². The molecule has 0 radical (unpaired) electrons. The molecule has 246 valence electrons. The molecule has 1 saturated carbocycles. The number of thiophene rings is 1. The number of hydrogen-bond donors (Lipinski definition) is 1. The summed E-state index contributed by atoms with van der Waals surface area (Å²) in [6.07, 6.45) is 1.93. The molecule has 5 heterocycles. The zero-order chi connectivity index (χ0) is 34.0. The SMILES string of the molecule is COc1cccc(O)c1[C@H]1C2=CCn3c(=O)n(C)c(=O)n3[C@@H]2C[C@H]2C(=O)N(c3cc(-c4sc5ccc(Cl)cc5c4C)nn3C)C(=O)[C@@]12C. The summed E-state index contributed by atoms with van der Waals surface area (Å²) in [6.45, 7) is 3.83. The summed E-state index contributed by atoms with van der Waals surface area (Å²) in [4.78, 5) is 58.1. The Balaban J connectivity index is 1.31. The Morgan fingerprint density at radius 1 is 1.08 bits per heavy atom. The summed E-state index contributed by atoms with van der Waals surface area (Å²) >= 11 is 7.83. The molecule has 3 aliphatic rings. The second-order valence-corrected chi connectivity index (χ2v) is 14.3. The Morgan fingerprint density at radius 2 is 1.85 bits per heavy atom. The summed E-state index contributed by atoms with van der Waals surface area (Å²) in [5.74, 6) is -2.14. The second-order valence-electron chi connectivity index (χ2n) is 12.9. The third-order valence-electron chi connectivity index (χ3n) is 10.5. The first-order valence-electron chi connectivity index (χ1n) is 15.4. The number of methoxy groups -OCH3 is 1. The van der Waals surface area contributed by atoms with Crippen molar-refractivity contribution in [1.82, 2.24) is 23.7 Å². The van der Waals surface area contributed by atoms with Gasteiger partial charge in [-0.05, 0) is 67.1 Å². The number of fused-ring (bicyclic) bond motifs is 5. The number of hydrogen-bond acceptors (Lipinski definition) is 8. The van der Waals surface area contributed by atoms with Crippen LogP contribution in [0.1, 0.15) is 36.4 Å². The van der Waals surface area contributed by atoms with Crippen LogP contribution in [0.2, 0.25) is 5.02 Å². The van der Waals surface area contributed by atoms with Crippen molar-refractivity contribution in [2.24, 2.45) is 25.4 Å². The summed E-state index contributed by atoms with van der Waals surface area (Å²) in [7, 11) is 4.58. The number of ether oxygens (including phenoxy) is 1. The fourth-order valence-electron chi connectivity index (χ4n) is 8.13. The number of amides is 2. The highest BCUT2D eigenvalue weighted by Gasteiger charge is 2.66. The molecule has 12 nitrogen and oxygen atoms in total. The number of benzene rings is 2.